The average molecular weight is 278 g/mol. The van der Waals surface area contributed by atoms with Crippen molar-refractivity contribution in [3.8, 4) is 0 Å². The van der Waals surface area contributed by atoms with E-state index in [1.54, 1.807) is 12.3 Å². The normalized spacial score (nSPS) is 22.4. The first-order chi connectivity index (χ1) is 9.60. The van der Waals surface area contributed by atoms with Gasteiger partial charge in [0.25, 0.3) is 0 Å². The number of carboxylic acids is 1. The number of carboxylic acid groups (broad SMARTS) is 1. The molecule has 5 nitrogen and oxygen atoms in total. The minimum absolute atomic E-state index is 0.0714. The number of rotatable bonds is 5. The summed E-state index contributed by atoms with van der Waals surface area (Å²) in [6, 6.07) is 3.39. The number of nitrogens with zero attached hydrogens (tertiary/aromatic N) is 1. The van der Waals surface area contributed by atoms with Gasteiger partial charge >= 0.3 is 5.97 Å². The van der Waals surface area contributed by atoms with Crippen molar-refractivity contribution < 1.29 is 14.7 Å². The van der Waals surface area contributed by atoms with E-state index in [2.05, 4.69) is 12.2 Å². The lowest BCUT2D eigenvalue weighted by Crippen LogP contribution is -2.40. The highest BCUT2D eigenvalue weighted by atomic mass is 16.4. The minimum atomic E-state index is -1.01. The molecule has 0 aromatic carbocycles. The molecule has 1 aliphatic rings. The molecule has 1 aromatic rings. The van der Waals surface area contributed by atoms with E-state index >= 15 is 0 Å². The first-order valence-electron chi connectivity index (χ1n) is 7.28. The highest BCUT2D eigenvalue weighted by Crippen LogP contribution is 2.26. The van der Waals surface area contributed by atoms with Crippen molar-refractivity contribution in [3.63, 3.8) is 0 Å². The van der Waals surface area contributed by atoms with E-state index in [-0.39, 0.29) is 24.2 Å². The Morgan fingerprint density at radius 1 is 1.45 bits per heavy atom. The lowest BCUT2D eigenvalue weighted by atomic mass is 9.84. The van der Waals surface area contributed by atoms with Crippen molar-refractivity contribution in [1.82, 2.24) is 9.88 Å². The van der Waals surface area contributed by atoms with Gasteiger partial charge < -0.3 is 15.0 Å². The maximum Gasteiger partial charge on any atom is 0.352 e. The Labute approximate surface area is 119 Å². The summed E-state index contributed by atoms with van der Waals surface area (Å²) in [5.74, 6) is -0.410. The van der Waals surface area contributed by atoms with Gasteiger partial charge in [0.1, 0.15) is 12.2 Å². The van der Waals surface area contributed by atoms with E-state index < -0.39 is 5.97 Å². The molecule has 1 fully saturated rings. The maximum absolute atomic E-state index is 12.0. The highest BCUT2D eigenvalue weighted by Gasteiger charge is 2.22. The Balaban J connectivity index is 1.89. The molecule has 2 unspecified atom stereocenters. The molecule has 20 heavy (non-hydrogen) atoms. The summed E-state index contributed by atoms with van der Waals surface area (Å²) in [4.78, 5) is 23.0. The summed E-state index contributed by atoms with van der Waals surface area (Å²) < 4.78 is 1.47. The molecular weight excluding hydrogens is 256 g/mol. The molecule has 1 aliphatic carbocycles. The van der Waals surface area contributed by atoms with Crippen LogP contribution in [0.25, 0.3) is 0 Å². The fraction of sp³-hybridized carbons (Fsp3) is 0.600. The molecule has 2 rings (SSSR count). The molecule has 1 amide bonds. The number of hydrogen-bond acceptors (Lipinski definition) is 2. The quantitative estimate of drug-likeness (QED) is 0.868. The van der Waals surface area contributed by atoms with Gasteiger partial charge in [0.05, 0.1) is 0 Å². The second kappa shape index (κ2) is 6.59. The van der Waals surface area contributed by atoms with Gasteiger partial charge in [0.2, 0.25) is 5.91 Å². The van der Waals surface area contributed by atoms with E-state index in [0.29, 0.717) is 5.92 Å². The zero-order valence-electron chi connectivity index (χ0n) is 11.8. The van der Waals surface area contributed by atoms with Crippen LogP contribution in [-0.2, 0) is 11.3 Å². The molecule has 0 bridgehead atoms. The Bertz CT molecular complexity index is 481. The van der Waals surface area contributed by atoms with Crippen LogP contribution in [0, 0.1) is 5.92 Å². The second-order valence-corrected chi connectivity index (χ2v) is 5.53. The third-order valence-electron chi connectivity index (χ3n) is 4.09. The second-order valence-electron chi connectivity index (χ2n) is 5.53. The highest BCUT2D eigenvalue weighted by molar-refractivity contribution is 5.86. The van der Waals surface area contributed by atoms with Crippen molar-refractivity contribution in [1.29, 1.82) is 0 Å². The zero-order valence-corrected chi connectivity index (χ0v) is 11.8. The van der Waals surface area contributed by atoms with Crippen molar-refractivity contribution in [3.05, 3.63) is 24.0 Å². The smallest absolute Gasteiger partial charge is 0.352 e. The predicted molar refractivity (Wildman–Crippen MR) is 75.6 cm³/mol. The summed E-state index contributed by atoms with van der Waals surface area (Å²) in [7, 11) is 0. The van der Waals surface area contributed by atoms with Gasteiger partial charge in [-0.05, 0) is 30.9 Å². The monoisotopic (exact) mass is 278 g/mol. The van der Waals surface area contributed by atoms with E-state index in [9.17, 15) is 9.59 Å². The van der Waals surface area contributed by atoms with Crippen LogP contribution in [0.1, 0.15) is 49.5 Å². The first kappa shape index (κ1) is 14.6. The summed E-state index contributed by atoms with van der Waals surface area (Å²) >= 11 is 0. The van der Waals surface area contributed by atoms with E-state index in [1.165, 1.54) is 17.1 Å². The molecule has 1 aromatic heterocycles. The largest absolute Gasteiger partial charge is 0.477 e. The molecule has 0 aliphatic heterocycles. The van der Waals surface area contributed by atoms with Crippen LogP contribution in [0.2, 0.25) is 0 Å². The fourth-order valence-corrected chi connectivity index (χ4v) is 2.97. The Morgan fingerprint density at radius 2 is 2.25 bits per heavy atom. The van der Waals surface area contributed by atoms with E-state index in [4.69, 9.17) is 5.11 Å². The average Bonchev–Trinajstić information content (AvgIpc) is 2.87. The van der Waals surface area contributed by atoms with Crippen molar-refractivity contribution in [2.45, 2.75) is 51.6 Å². The summed E-state index contributed by atoms with van der Waals surface area (Å²) in [5, 5.41) is 12.0. The van der Waals surface area contributed by atoms with Crippen LogP contribution in [0.5, 0.6) is 0 Å². The zero-order chi connectivity index (χ0) is 14.5. The van der Waals surface area contributed by atoms with Crippen LogP contribution in [0.4, 0.5) is 0 Å². The summed E-state index contributed by atoms with van der Waals surface area (Å²) in [6.45, 7) is 2.26. The van der Waals surface area contributed by atoms with Crippen molar-refractivity contribution >= 4 is 11.9 Å². The molecule has 2 N–H and O–H groups in total. The number of aromatic nitrogens is 1. The van der Waals surface area contributed by atoms with E-state index in [1.807, 2.05) is 0 Å². The third kappa shape index (κ3) is 3.62. The predicted octanol–water partition coefficient (Wildman–Crippen LogP) is 2.27. The molecule has 1 heterocycles. The number of hydrogen-bond donors (Lipinski definition) is 2. The van der Waals surface area contributed by atoms with Gasteiger partial charge in [-0.15, -0.1) is 0 Å². The van der Waals surface area contributed by atoms with Crippen molar-refractivity contribution in [2.24, 2.45) is 5.92 Å². The minimum Gasteiger partial charge on any atom is -0.477 e. The molecule has 5 heteroatoms. The number of carbonyl (C=O) groups is 2. The van der Waals surface area contributed by atoms with E-state index in [0.717, 1.165) is 25.7 Å². The number of nitrogens with one attached hydrogen (secondary N) is 1. The van der Waals surface area contributed by atoms with Crippen molar-refractivity contribution in [2.75, 3.05) is 0 Å². The Kier molecular flexibility index (Phi) is 4.82. The van der Waals surface area contributed by atoms with Gasteiger partial charge in [-0.25, -0.2) is 4.79 Å². The van der Waals surface area contributed by atoms with Crippen LogP contribution < -0.4 is 5.32 Å². The van der Waals surface area contributed by atoms with Gasteiger partial charge in [0.15, 0.2) is 0 Å². The maximum atomic E-state index is 12.0. The van der Waals surface area contributed by atoms with Crippen LogP contribution in [0.3, 0.4) is 0 Å². The SMILES string of the molecule is CCC1CCCC(NC(=O)Cn2cccc2C(=O)O)C1. The molecule has 0 radical (unpaired) electrons. The molecule has 0 saturated heterocycles. The standard InChI is InChI=1S/C15H22N2O3/c1-2-11-5-3-6-12(9-11)16-14(18)10-17-8-4-7-13(17)15(19)20/h4,7-8,11-12H,2-3,5-6,9-10H2,1H3,(H,16,18)(H,19,20). The van der Waals surface area contributed by atoms with Crippen LogP contribution in [0.15, 0.2) is 18.3 Å². The lowest BCUT2D eigenvalue weighted by molar-refractivity contribution is -0.122. The number of carbonyl (C=O) groups excluding carboxylic acids is 1. The molecular formula is C15H22N2O3. The van der Waals surface area contributed by atoms with Gasteiger partial charge in [-0.2, -0.15) is 0 Å². The first-order valence-corrected chi connectivity index (χ1v) is 7.28. The van der Waals surface area contributed by atoms with Crippen LogP contribution in [-0.4, -0.2) is 27.6 Å². The Morgan fingerprint density at radius 3 is 2.95 bits per heavy atom. The molecule has 110 valence electrons. The van der Waals surface area contributed by atoms with Gasteiger partial charge in [-0.3, -0.25) is 4.79 Å². The third-order valence-corrected chi connectivity index (χ3v) is 4.09. The lowest BCUT2D eigenvalue weighted by Gasteiger charge is -2.29. The Hall–Kier alpha value is -1.78. The fourth-order valence-electron chi connectivity index (χ4n) is 2.97. The summed E-state index contributed by atoms with van der Waals surface area (Å²) in [5.41, 5.74) is 0.148. The summed E-state index contributed by atoms with van der Waals surface area (Å²) in [6.07, 6.45) is 7.27. The topological polar surface area (TPSA) is 71.3 Å². The van der Waals surface area contributed by atoms with Gasteiger partial charge in [-0.1, -0.05) is 26.2 Å². The number of amides is 1. The van der Waals surface area contributed by atoms with Crippen LogP contribution >= 0.6 is 0 Å². The molecule has 2 atom stereocenters. The molecule has 0 spiro atoms. The number of aromatic carboxylic acids is 1. The van der Waals surface area contributed by atoms with Gasteiger partial charge in [0, 0.05) is 12.2 Å². The molecule has 1 saturated carbocycles.